The Balaban J connectivity index is 0.735. The van der Waals surface area contributed by atoms with Gasteiger partial charge in [-0.25, -0.2) is 18.7 Å². The third kappa shape index (κ3) is 8.54. The number of carbonyl (C=O) groups excluding carboxylic acids is 5. The Kier molecular flexibility index (Phi) is 11.6. The summed E-state index contributed by atoms with van der Waals surface area (Å²) in [5.74, 6) is -2.82. The molecular weight excluding hydrogens is 869 g/mol. The van der Waals surface area contributed by atoms with Crippen LogP contribution in [0.15, 0.2) is 72.5 Å². The molecule has 2 atom stereocenters. The monoisotopic (exact) mass is 917 g/mol. The van der Waals surface area contributed by atoms with Crippen molar-refractivity contribution in [3.63, 3.8) is 0 Å². The van der Waals surface area contributed by atoms with Crippen LogP contribution < -0.4 is 20.9 Å². The second-order valence-electron chi connectivity index (χ2n) is 18.0. The van der Waals surface area contributed by atoms with Gasteiger partial charge in [-0.3, -0.25) is 34.6 Å². The summed E-state index contributed by atoms with van der Waals surface area (Å²) in [6.45, 7) is 2.80. The minimum absolute atomic E-state index is 0.00473. The minimum Gasteiger partial charge on any atom is -0.389 e. The maximum atomic E-state index is 16.0. The van der Waals surface area contributed by atoms with E-state index in [2.05, 4.69) is 30.8 Å². The predicted octanol–water partition coefficient (Wildman–Crippen LogP) is 5.91. The third-order valence-corrected chi connectivity index (χ3v) is 14.6. The Labute approximate surface area is 383 Å². The van der Waals surface area contributed by atoms with Crippen LogP contribution in [0, 0.1) is 11.6 Å². The van der Waals surface area contributed by atoms with Gasteiger partial charge in [-0.2, -0.15) is 0 Å². The van der Waals surface area contributed by atoms with Crippen molar-refractivity contribution in [2.45, 2.75) is 94.5 Å². The van der Waals surface area contributed by atoms with Crippen LogP contribution in [0.25, 0.3) is 11.1 Å². The number of aromatic nitrogens is 3. The topological polar surface area (TPSA) is 182 Å². The molecule has 0 radical (unpaired) electrons. The van der Waals surface area contributed by atoms with Gasteiger partial charge in [0.15, 0.2) is 11.2 Å². The normalized spacial score (nSPS) is 22.2. The number of fused-ring (bicyclic) bond motifs is 2. The molecule has 1 aliphatic carbocycles. The number of hydrogen-bond donors (Lipinski definition) is 4. The Morgan fingerprint density at radius 3 is 2.42 bits per heavy atom. The predicted molar refractivity (Wildman–Crippen MR) is 242 cm³/mol. The first kappa shape index (κ1) is 43.4. The molecule has 18 heteroatoms. The van der Waals surface area contributed by atoms with Gasteiger partial charge >= 0.3 is 0 Å². The second kappa shape index (κ2) is 17.7. The fourth-order valence-corrected chi connectivity index (χ4v) is 10.8. The number of aryl methyl sites for hydroxylation is 1. The fraction of sp³-hybridized carbons (Fsp3) is 0.396. The van der Waals surface area contributed by atoms with E-state index >= 15 is 8.78 Å². The fourth-order valence-electron chi connectivity index (χ4n) is 10.3. The lowest BCUT2D eigenvalue weighted by atomic mass is 9.74. The molecule has 10 rings (SSSR count). The average Bonchev–Trinajstić information content (AvgIpc) is 4.13. The number of imidazole rings is 1. The molecule has 5 aromatic rings. The number of carbonyl (C=O) groups is 5. The standard InChI is InChI=1S/C48H49F2N9O6S/c49-36-23-30(22-34-35(36)26-59(46(34)64)43(45(63)55-47-51-15-21-66-47)42-39-2-1-16-58(39)27-52-42)28-3-6-32(7-4-28)56-17-19-57(20-18-56)41(61)25-48(65)13-11-29(12-14-48)33-8-5-31(24-37(33)50)53-38-9-10-40(60)54-44(38)62/h3-8,15,21-24,27,29,38,43,53,65H,1-2,9-14,16-20,25-26H2,(H,51,55,63)(H,54,60,62)/t29?,38-,43?,48?/m0/s1. The first-order valence-corrected chi connectivity index (χ1v) is 23.4. The number of aliphatic hydroxyl groups is 1. The van der Waals surface area contributed by atoms with Crippen LogP contribution in [-0.2, 0) is 38.7 Å². The maximum Gasteiger partial charge on any atom is 0.255 e. The summed E-state index contributed by atoms with van der Waals surface area (Å²) >= 11 is 1.26. The van der Waals surface area contributed by atoms with Crippen LogP contribution in [0.1, 0.15) is 96.2 Å². The van der Waals surface area contributed by atoms with Gasteiger partial charge in [-0.15, -0.1) is 11.3 Å². The molecule has 1 saturated carbocycles. The van der Waals surface area contributed by atoms with E-state index in [1.54, 1.807) is 41.0 Å². The van der Waals surface area contributed by atoms with Gasteiger partial charge in [0.1, 0.15) is 17.7 Å². The SMILES string of the molecule is O=C1CC[C@H](Nc2ccc(C3CCC(O)(CC(=O)N4CCN(c5ccc(-c6cc(F)c7c(c6)C(=O)N(C(C(=O)Nc6nccs6)c6ncn8c6CCC8)C7)cc5)CC4)CC3)c(F)c2)C(=O)N1. The zero-order chi connectivity index (χ0) is 45.7. The summed E-state index contributed by atoms with van der Waals surface area (Å²) in [5.41, 5.74) is 3.81. The molecule has 1 unspecified atom stereocenters. The number of nitrogens with one attached hydrogen (secondary N) is 3. The molecule has 66 heavy (non-hydrogen) atoms. The highest BCUT2D eigenvalue weighted by atomic mass is 32.1. The molecule has 2 saturated heterocycles. The van der Waals surface area contributed by atoms with Crippen molar-refractivity contribution in [3.8, 4) is 11.1 Å². The third-order valence-electron chi connectivity index (χ3n) is 13.9. The highest BCUT2D eigenvalue weighted by molar-refractivity contribution is 7.13. The van der Waals surface area contributed by atoms with Crippen molar-refractivity contribution in [2.24, 2.45) is 0 Å². The first-order chi connectivity index (χ1) is 31.9. The van der Waals surface area contributed by atoms with Crippen LogP contribution in [0.4, 0.5) is 25.3 Å². The van der Waals surface area contributed by atoms with E-state index in [4.69, 9.17) is 0 Å². The van der Waals surface area contributed by atoms with Crippen molar-refractivity contribution in [1.29, 1.82) is 0 Å². The van der Waals surface area contributed by atoms with Gasteiger partial charge in [0.25, 0.3) is 11.8 Å². The largest absolute Gasteiger partial charge is 0.389 e. The van der Waals surface area contributed by atoms with Crippen molar-refractivity contribution in [2.75, 3.05) is 41.7 Å². The summed E-state index contributed by atoms with van der Waals surface area (Å²) in [6.07, 6.45) is 7.23. The van der Waals surface area contributed by atoms with E-state index in [-0.39, 0.29) is 48.2 Å². The number of amides is 5. The lowest BCUT2D eigenvalue weighted by Crippen LogP contribution is -2.50. The Hall–Kier alpha value is -6.53. The molecule has 5 amide bonds. The van der Waals surface area contributed by atoms with Crippen LogP contribution in [0.2, 0.25) is 0 Å². The highest BCUT2D eigenvalue weighted by Crippen LogP contribution is 2.42. The molecule has 3 fully saturated rings. The Morgan fingerprint density at radius 2 is 1.70 bits per heavy atom. The lowest BCUT2D eigenvalue weighted by molar-refractivity contribution is -0.138. The van der Waals surface area contributed by atoms with Gasteiger partial charge in [-0.1, -0.05) is 18.2 Å². The van der Waals surface area contributed by atoms with Crippen molar-refractivity contribution >= 4 is 57.4 Å². The molecule has 5 aliphatic rings. The number of nitrogens with zero attached hydrogens (tertiary/aromatic N) is 6. The molecule has 6 heterocycles. The molecule has 342 valence electrons. The maximum absolute atomic E-state index is 16.0. The van der Waals surface area contributed by atoms with Gasteiger partial charge in [0, 0.05) is 78.9 Å². The zero-order valence-corrected chi connectivity index (χ0v) is 36.9. The van der Waals surface area contributed by atoms with Gasteiger partial charge < -0.3 is 29.7 Å². The second-order valence-corrected chi connectivity index (χ2v) is 18.9. The number of anilines is 3. The number of piperidine rings is 1. The molecule has 2 aromatic heterocycles. The minimum atomic E-state index is -1.18. The van der Waals surface area contributed by atoms with E-state index in [1.165, 1.54) is 28.4 Å². The number of hydrogen-bond acceptors (Lipinski definition) is 11. The summed E-state index contributed by atoms with van der Waals surface area (Å²) in [4.78, 5) is 79.2. The van der Waals surface area contributed by atoms with Crippen molar-refractivity contribution in [3.05, 3.63) is 112 Å². The van der Waals surface area contributed by atoms with E-state index in [9.17, 15) is 29.1 Å². The number of benzene rings is 3. The summed E-state index contributed by atoms with van der Waals surface area (Å²) in [6, 6.07) is 13.9. The molecule has 4 aliphatic heterocycles. The number of imide groups is 1. The molecule has 4 N–H and O–H groups in total. The van der Waals surface area contributed by atoms with E-state index < -0.39 is 47.0 Å². The molecule has 15 nitrogen and oxygen atoms in total. The van der Waals surface area contributed by atoms with Crippen LogP contribution in [-0.4, -0.2) is 96.8 Å². The van der Waals surface area contributed by atoms with Crippen molar-refractivity contribution in [1.82, 2.24) is 29.7 Å². The van der Waals surface area contributed by atoms with Gasteiger partial charge in [0.2, 0.25) is 17.7 Å². The summed E-state index contributed by atoms with van der Waals surface area (Å²) in [7, 11) is 0. The van der Waals surface area contributed by atoms with Crippen molar-refractivity contribution < 1.29 is 37.9 Å². The summed E-state index contributed by atoms with van der Waals surface area (Å²) < 4.78 is 33.3. The van der Waals surface area contributed by atoms with E-state index in [1.807, 2.05) is 28.8 Å². The first-order valence-electron chi connectivity index (χ1n) is 22.5. The average molecular weight is 918 g/mol. The Bertz CT molecular complexity index is 2710. The zero-order valence-electron chi connectivity index (χ0n) is 36.1. The number of piperazine rings is 1. The number of rotatable bonds is 11. The van der Waals surface area contributed by atoms with Gasteiger partial charge in [0.05, 0.1) is 30.6 Å². The molecule has 0 spiro atoms. The highest BCUT2D eigenvalue weighted by Gasteiger charge is 2.43. The van der Waals surface area contributed by atoms with Crippen LogP contribution >= 0.6 is 11.3 Å². The van der Waals surface area contributed by atoms with E-state index in [0.29, 0.717) is 85.9 Å². The lowest BCUT2D eigenvalue weighted by Gasteiger charge is -2.40. The van der Waals surface area contributed by atoms with E-state index in [0.717, 1.165) is 36.3 Å². The van der Waals surface area contributed by atoms with Crippen LogP contribution in [0.3, 0.4) is 0 Å². The van der Waals surface area contributed by atoms with Gasteiger partial charge in [-0.05, 0) is 104 Å². The number of halogens is 2. The Morgan fingerprint density at radius 1 is 0.909 bits per heavy atom. The smallest absolute Gasteiger partial charge is 0.255 e. The summed E-state index contributed by atoms with van der Waals surface area (Å²) in [5, 5.41) is 21.8. The molecule has 0 bridgehead atoms. The molecule has 3 aromatic carbocycles. The quantitative estimate of drug-likeness (QED) is 0.116. The number of thiazole rings is 1. The van der Waals surface area contributed by atoms with Crippen LogP contribution in [0.5, 0.6) is 0 Å². The molecular formula is C48H49F2N9O6S.